The predicted octanol–water partition coefficient (Wildman–Crippen LogP) is 2.21. The summed E-state index contributed by atoms with van der Waals surface area (Å²) in [5, 5.41) is 3.34. The first-order valence-corrected chi connectivity index (χ1v) is 7.18. The van der Waals surface area contributed by atoms with E-state index in [4.69, 9.17) is 9.47 Å². The zero-order valence-corrected chi connectivity index (χ0v) is 12.0. The quantitative estimate of drug-likeness (QED) is 0.734. The van der Waals surface area contributed by atoms with Gasteiger partial charge < -0.3 is 19.4 Å². The average molecular weight is 267 g/mol. The van der Waals surface area contributed by atoms with Gasteiger partial charge in [-0.2, -0.15) is 0 Å². The smallest absolute Gasteiger partial charge is 0.203 e. The molecule has 1 fully saturated rings. The molecule has 5 heteroatoms. The van der Waals surface area contributed by atoms with Gasteiger partial charge in [0.05, 0.1) is 25.0 Å². The fourth-order valence-corrected chi connectivity index (χ4v) is 2.49. The van der Waals surface area contributed by atoms with E-state index in [1.165, 1.54) is 25.7 Å². The summed E-state index contributed by atoms with van der Waals surface area (Å²) in [5.74, 6) is 0.907. The molecule has 0 aromatic carbocycles. The molecule has 1 aliphatic carbocycles. The number of hydrogen-bond acceptors (Lipinski definition) is 4. The fourth-order valence-electron chi connectivity index (χ4n) is 2.49. The van der Waals surface area contributed by atoms with Crippen molar-refractivity contribution >= 4 is 5.95 Å². The van der Waals surface area contributed by atoms with Crippen LogP contribution in [0.3, 0.4) is 0 Å². The lowest BCUT2D eigenvalue weighted by atomic mass is 10.3. The van der Waals surface area contributed by atoms with Gasteiger partial charge in [0.25, 0.3) is 0 Å². The lowest BCUT2D eigenvalue weighted by molar-refractivity contribution is 0.0658. The third kappa shape index (κ3) is 4.51. The van der Waals surface area contributed by atoms with Crippen LogP contribution in [0.1, 0.15) is 31.4 Å². The lowest BCUT2D eigenvalue weighted by Gasteiger charge is -2.12. The lowest BCUT2D eigenvalue weighted by Crippen LogP contribution is -2.17. The van der Waals surface area contributed by atoms with Crippen LogP contribution in [0.15, 0.2) is 6.20 Å². The molecule has 1 aromatic rings. The third-order valence-electron chi connectivity index (χ3n) is 3.47. The fraction of sp³-hybridized carbons (Fsp3) is 0.786. The Hall–Kier alpha value is -1.07. The van der Waals surface area contributed by atoms with Crippen LogP contribution in [0.25, 0.3) is 0 Å². The summed E-state index contributed by atoms with van der Waals surface area (Å²) in [5.41, 5.74) is 1.02. The Balaban J connectivity index is 1.71. The Morgan fingerprint density at radius 1 is 1.37 bits per heavy atom. The van der Waals surface area contributed by atoms with Gasteiger partial charge in [0, 0.05) is 26.4 Å². The molecule has 19 heavy (non-hydrogen) atoms. The molecule has 0 spiro atoms. The van der Waals surface area contributed by atoms with E-state index in [2.05, 4.69) is 14.9 Å². The number of aromatic nitrogens is 2. The second-order valence-electron chi connectivity index (χ2n) is 5.10. The van der Waals surface area contributed by atoms with Gasteiger partial charge in [-0.3, -0.25) is 0 Å². The van der Waals surface area contributed by atoms with Gasteiger partial charge in [-0.05, 0) is 19.8 Å². The van der Waals surface area contributed by atoms with Crippen LogP contribution in [-0.2, 0) is 16.0 Å². The number of hydrogen-bond donors (Lipinski definition) is 1. The summed E-state index contributed by atoms with van der Waals surface area (Å²) >= 11 is 0. The van der Waals surface area contributed by atoms with Crippen LogP contribution in [0, 0.1) is 6.92 Å². The van der Waals surface area contributed by atoms with Crippen LogP contribution in [0.4, 0.5) is 5.95 Å². The molecular formula is C14H25N3O2. The van der Waals surface area contributed by atoms with Crippen LogP contribution in [0.2, 0.25) is 0 Å². The summed E-state index contributed by atoms with van der Waals surface area (Å²) < 4.78 is 13.0. The highest BCUT2D eigenvalue weighted by atomic mass is 16.5. The maximum Gasteiger partial charge on any atom is 0.203 e. The Kier molecular flexibility index (Phi) is 5.66. The number of aryl methyl sites for hydroxylation is 1. The molecule has 2 rings (SSSR count). The van der Waals surface area contributed by atoms with Crippen LogP contribution in [-0.4, -0.2) is 42.5 Å². The van der Waals surface area contributed by atoms with Gasteiger partial charge in [-0.15, -0.1) is 0 Å². The minimum atomic E-state index is 0.483. The molecule has 0 bridgehead atoms. The minimum absolute atomic E-state index is 0.483. The first-order valence-electron chi connectivity index (χ1n) is 7.18. The first-order chi connectivity index (χ1) is 9.29. The van der Waals surface area contributed by atoms with Crippen molar-refractivity contribution in [1.29, 1.82) is 0 Å². The third-order valence-corrected chi connectivity index (χ3v) is 3.47. The number of rotatable bonds is 8. The van der Waals surface area contributed by atoms with Gasteiger partial charge in [-0.1, -0.05) is 12.8 Å². The molecule has 1 N–H and O–H groups in total. The average Bonchev–Trinajstić information content (AvgIpc) is 3.02. The maximum absolute atomic E-state index is 5.83. The normalized spacial score (nSPS) is 16.1. The predicted molar refractivity (Wildman–Crippen MR) is 75.5 cm³/mol. The molecule has 1 aliphatic rings. The van der Waals surface area contributed by atoms with Crippen LogP contribution in [0.5, 0.6) is 0 Å². The van der Waals surface area contributed by atoms with Gasteiger partial charge in [0.2, 0.25) is 5.95 Å². The standard InChI is InChI=1S/C14H25N3O2/c1-12-11-17(8-10-18-2)14(16-12)15-7-9-19-13-5-3-4-6-13/h11,13H,3-10H2,1-2H3,(H,15,16). The number of nitrogens with one attached hydrogen (secondary N) is 1. The number of nitrogens with zero attached hydrogens (tertiary/aromatic N) is 2. The molecule has 1 saturated carbocycles. The molecular weight excluding hydrogens is 242 g/mol. The molecule has 0 amide bonds. The van der Waals surface area contributed by atoms with E-state index in [1.807, 2.05) is 13.1 Å². The molecule has 0 saturated heterocycles. The molecule has 108 valence electrons. The molecule has 1 aromatic heterocycles. The highest BCUT2D eigenvalue weighted by Crippen LogP contribution is 2.20. The highest BCUT2D eigenvalue weighted by molar-refractivity contribution is 5.28. The van der Waals surface area contributed by atoms with E-state index >= 15 is 0 Å². The molecule has 0 radical (unpaired) electrons. The zero-order chi connectivity index (χ0) is 13.5. The van der Waals surface area contributed by atoms with Crippen molar-refractivity contribution in [3.05, 3.63) is 11.9 Å². The van der Waals surface area contributed by atoms with Crippen molar-refractivity contribution in [3.8, 4) is 0 Å². The summed E-state index contributed by atoms with van der Waals surface area (Å²) in [6.45, 7) is 5.08. The maximum atomic E-state index is 5.83. The molecule has 5 nitrogen and oxygen atoms in total. The first kappa shape index (κ1) is 14.3. The number of imidazole rings is 1. The van der Waals surface area contributed by atoms with Crippen molar-refractivity contribution in [2.45, 2.75) is 45.3 Å². The monoisotopic (exact) mass is 267 g/mol. The molecule has 0 aliphatic heterocycles. The number of methoxy groups -OCH3 is 1. The van der Waals surface area contributed by atoms with E-state index < -0.39 is 0 Å². The Labute approximate surface area is 115 Å². The summed E-state index contributed by atoms with van der Waals surface area (Å²) in [6, 6.07) is 0. The SMILES string of the molecule is COCCn1cc(C)nc1NCCOC1CCCC1. The Bertz CT molecular complexity index is 373. The van der Waals surface area contributed by atoms with Crippen molar-refractivity contribution in [1.82, 2.24) is 9.55 Å². The van der Waals surface area contributed by atoms with Gasteiger partial charge in [0.1, 0.15) is 0 Å². The van der Waals surface area contributed by atoms with Gasteiger partial charge in [-0.25, -0.2) is 4.98 Å². The van der Waals surface area contributed by atoms with Crippen LogP contribution < -0.4 is 5.32 Å². The van der Waals surface area contributed by atoms with Crippen molar-refractivity contribution in [2.24, 2.45) is 0 Å². The topological polar surface area (TPSA) is 48.3 Å². The second-order valence-corrected chi connectivity index (χ2v) is 5.10. The summed E-state index contributed by atoms with van der Waals surface area (Å²) in [4.78, 5) is 4.47. The number of anilines is 1. The summed E-state index contributed by atoms with van der Waals surface area (Å²) in [7, 11) is 1.71. The molecule has 0 unspecified atom stereocenters. The van der Waals surface area contributed by atoms with E-state index in [1.54, 1.807) is 7.11 Å². The zero-order valence-electron chi connectivity index (χ0n) is 12.0. The molecule has 0 atom stereocenters. The van der Waals surface area contributed by atoms with Gasteiger partial charge >= 0.3 is 0 Å². The van der Waals surface area contributed by atoms with E-state index in [0.29, 0.717) is 12.7 Å². The van der Waals surface area contributed by atoms with E-state index in [0.717, 1.165) is 31.3 Å². The highest BCUT2D eigenvalue weighted by Gasteiger charge is 2.14. The van der Waals surface area contributed by atoms with Crippen molar-refractivity contribution in [3.63, 3.8) is 0 Å². The van der Waals surface area contributed by atoms with E-state index in [-0.39, 0.29) is 0 Å². The van der Waals surface area contributed by atoms with E-state index in [9.17, 15) is 0 Å². The number of ether oxygens (including phenoxy) is 2. The largest absolute Gasteiger partial charge is 0.383 e. The van der Waals surface area contributed by atoms with Crippen LogP contribution >= 0.6 is 0 Å². The van der Waals surface area contributed by atoms with Crippen molar-refractivity contribution in [2.75, 3.05) is 32.2 Å². The minimum Gasteiger partial charge on any atom is -0.383 e. The van der Waals surface area contributed by atoms with Crippen molar-refractivity contribution < 1.29 is 9.47 Å². The second kappa shape index (κ2) is 7.50. The Morgan fingerprint density at radius 3 is 2.89 bits per heavy atom. The molecule has 1 heterocycles. The van der Waals surface area contributed by atoms with Gasteiger partial charge in [0.15, 0.2) is 0 Å². The Morgan fingerprint density at radius 2 is 2.16 bits per heavy atom. The summed E-state index contributed by atoms with van der Waals surface area (Å²) in [6.07, 6.45) is 7.61.